The van der Waals surface area contributed by atoms with Crippen LogP contribution in [0.3, 0.4) is 0 Å². The Morgan fingerprint density at radius 2 is 2.16 bits per heavy atom. The van der Waals surface area contributed by atoms with E-state index in [2.05, 4.69) is 16.0 Å². The minimum atomic E-state index is 0.0942. The van der Waals surface area contributed by atoms with Crippen molar-refractivity contribution >= 4 is 5.82 Å². The average Bonchev–Trinajstić information content (AvgIpc) is 2.45. The quantitative estimate of drug-likeness (QED) is 0.825. The van der Waals surface area contributed by atoms with Crippen LogP contribution in [0, 0.1) is 6.92 Å². The van der Waals surface area contributed by atoms with E-state index in [0.29, 0.717) is 13.2 Å². The first kappa shape index (κ1) is 14.2. The Labute approximate surface area is 114 Å². The first-order chi connectivity index (χ1) is 9.24. The molecule has 19 heavy (non-hydrogen) atoms. The number of ether oxygens (including phenoxy) is 1. The molecule has 0 amide bonds. The van der Waals surface area contributed by atoms with Crippen molar-refractivity contribution < 1.29 is 9.84 Å². The van der Waals surface area contributed by atoms with Gasteiger partial charge in [0.15, 0.2) is 0 Å². The Balaban J connectivity index is 1.99. The lowest BCUT2D eigenvalue weighted by molar-refractivity contribution is 0.0158. The number of hydrogen-bond acceptors (Lipinski definition) is 5. The molecule has 2 heterocycles. The van der Waals surface area contributed by atoms with Crippen LogP contribution in [-0.4, -0.2) is 42.5 Å². The van der Waals surface area contributed by atoms with E-state index in [1.807, 2.05) is 13.0 Å². The lowest BCUT2D eigenvalue weighted by Crippen LogP contribution is -2.38. The summed E-state index contributed by atoms with van der Waals surface area (Å²) in [4.78, 5) is 6.91. The Bertz CT molecular complexity index is 404. The number of aryl methyl sites for hydroxylation is 1. The molecule has 0 saturated carbocycles. The molecule has 0 spiro atoms. The Morgan fingerprint density at radius 3 is 2.79 bits per heavy atom. The van der Waals surface area contributed by atoms with Crippen LogP contribution in [0.4, 0.5) is 5.82 Å². The highest BCUT2D eigenvalue weighted by molar-refractivity contribution is 5.48. The highest BCUT2D eigenvalue weighted by Crippen LogP contribution is 2.23. The number of aromatic nitrogens is 1. The fourth-order valence-electron chi connectivity index (χ4n) is 2.46. The third-order valence-electron chi connectivity index (χ3n) is 3.50. The van der Waals surface area contributed by atoms with Gasteiger partial charge in [-0.2, -0.15) is 0 Å². The van der Waals surface area contributed by atoms with Crippen molar-refractivity contribution in [1.29, 1.82) is 0 Å². The molecule has 0 unspecified atom stereocenters. The predicted molar refractivity (Wildman–Crippen MR) is 75.1 cm³/mol. The van der Waals surface area contributed by atoms with E-state index >= 15 is 0 Å². The van der Waals surface area contributed by atoms with Crippen molar-refractivity contribution in [3.05, 3.63) is 23.4 Å². The van der Waals surface area contributed by atoms with E-state index < -0.39 is 0 Å². The van der Waals surface area contributed by atoms with Crippen molar-refractivity contribution in [3.8, 4) is 0 Å². The molecule has 0 bridgehead atoms. The molecule has 1 aliphatic heterocycles. The fourth-order valence-corrected chi connectivity index (χ4v) is 2.46. The van der Waals surface area contributed by atoms with Crippen LogP contribution < -0.4 is 10.6 Å². The van der Waals surface area contributed by atoms with Gasteiger partial charge in [0.2, 0.25) is 0 Å². The molecule has 0 atom stereocenters. The minimum absolute atomic E-state index is 0.0942. The summed E-state index contributed by atoms with van der Waals surface area (Å²) in [6.45, 7) is 4.90. The normalized spacial score (nSPS) is 16.9. The molecule has 1 aromatic heterocycles. The Hall–Kier alpha value is -1.17. The predicted octanol–water partition coefficient (Wildman–Crippen LogP) is 0.826. The number of hydrogen-bond donors (Lipinski definition) is 2. The first-order valence-corrected chi connectivity index (χ1v) is 6.88. The van der Waals surface area contributed by atoms with Crippen LogP contribution in [0.15, 0.2) is 12.1 Å². The van der Waals surface area contributed by atoms with E-state index in [4.69, 9.17) is 15.6 Å². The van der Waals surface area contributed by atoms with Crippen molar-refractivity contribution in [1.82, 2.24) is 4.98 Å². The average molecular weight is 265 g/mol. The summed E-state index contributed by atoms with van der Waals surface area (Å²) in [7, 11) is 0. The van der Waals surface area contributed by atoms with Crippen molar-refractivity contribution in [2.75, 3.05) is 31.2 Å². The second-order valence-electron chi connectivity index (χ2n) is 4.92. The molecule has 1 aromatic rings. The summed E-state index contributed by atoms with van der Waals surface area (Å²) >= 11 is 0. The molecule has 106 valence electrons. The van der Waals surface area contributed by atoms with Gasteiger partial charge in [0.25, 0.3) is 0 Å². The standard InChI is InChI=1S/C14H23N3O2/c1-11-2-3-12(10-15)14(16-11)17-6-4-13(5-7-17)19-9-8-18/h2-3,13,18H,4-10,15H2,1H3. The Morgan fingerprint density at radius 1 is 1.42 bits per heavy atom. The summed E-state index contributed by atoms with van der Waals surface area (Å²) in [6.07, 6.45) is 2.20. The zero-order chi connectivity index (χ0) is 13.7. The number of pyridine rings is 1. The smallest absolute Gasteiger partial charge is 0.133 e. The van der Waals surface area contributed by atoms with Crippen LogP contribution in [0.5, 0.6) is 0 Å². The van der Waals surface area contributed by atoms with Crippen LogP contribution in [0.1, 0.15) is 24.1 Å². The molecular formula is C14H23N3O2. The van der Waals surface area contributed by atoms with Gasteiger partial charge in [-0.3, -0.25) is 0 Å². The molecule has 1 fully saturated rings. The molecule has 0 radical (unpaired) electrons. The molecule has 0 aromatic carbocycles. The molecule has 0 aliphatic carbocycles. The Kier molecular flexibility index (Phi) is 5.13. The number of aliphatic hydroxyl groups is 1. The minimum Gasteiger partial charge on any atom is -0.394 e. The molecule has 5 heteroatoms. The summed E-state index contributed by atoms with van der Waals surface area (Å²) in [5.41, 5.74) is 7.90. The van der Waals surface area contributed by atoms with Gasteiger partial charge in [-0.15, -0.1) is 0 Å². The number of rotatable bonds is 5. The van der Waals surface area contributed by atoms with E-state index in [0.717, 1.165) is 43.0 Å². The van der Waals surface area contributed by atoms with Gasteiger partial charge in [0.1, 0.15) is 5.82 Å². The van der Waals surface area contributed by atoms with Gasteiger partial charge in [-0.1, -0.05) is 6.07 Å². The second-order valence-corrected chi connectivity index (χ2v) is 4.92. The number of piperidine rings is 1. The topological polar surface area (TPSA) is 71.6 Å². The van der Waals surface area contributed by atoms with Gasteiger partial charge in [0.05, 0.1) is 19.3 Å². The summed E-state index contributed by atoms with van der Waals surface area (Å²) in [5, 5.41) is 8.77. The zero-order valence-corrected chi connectivity index (χ0v) is 11.5. The summed E-state index contributed by atoms with van der Waals surface area (Å²) in [6, 6.07) is 4.06. The van der Waals surface area contributed by atoms with Crippen molar-refractivity contribution in [2.45, 2.75) is 32.4 Å². The van der Waals surface area contributed by atoms with Crippen LogP contribution in [0.25, 0.3) is 0 Å². The van der Waals surface area contributed by atoms with Crippen LogP contribution in [0.2, 0.25) is 0 Å². The fraction of sp³-hybridized carbons (Fsp3) is 0.643. The van der Waals surface area contributed by atoms with E-state index in [-0.39, 0.29) is 12.7 Å². The molecular weight excluding hydrogens is 242 g/mol. The maximum absolute atomic E-state index is 8.77. The SMILES string of the molecule is Cc1ccc(CN)c(N2CCC(OCCO)CC2)n1. The number of anilines is 1. The van der Waals surface area contributed by atoms with Gasteiger partial charge >= 0.3 is 0 Å². The highest BCUT2D eigenvalue weighted by Gasteiger charge is 2.22. The lowest BCUT2D eigenvalue weighted by atomic mass is 10.1. The number of nitrogens with two attached hydrogens (primary N) is 1. The van der Waals surface area contributed by atoms with Gasteiger partial charge in [-0.25, -0.2) is 4.98 Å². The maximum Gasteiger partial charge on any atom is 0.133 e. The summed E-state index contributed by atoms with van der Waals surface area (Å²) < 4.78 is 5.57. The van der Waals surface area contributed by atoms with Crippen LogP contribution >= 0.6 is 0 Å². The molecule has 2 rings (SSSR count). The van der Waals surface area contributed by atoms with Crippen molar-refractivity contribution in [2.24, 2.45) is 5.73 Å². The number of aliphatic hydroxyl groups excluding tert-OH is 1. The lowest BCUT2D eigenvalue weighted by Gasteiger charge is -2.33. The monoisotopic (exact) mass is 265 g/mol. The van der Waals surface area contributed by atoms with E-state index in [1.165, 1.54) is 0 Å². The number of nitrogens with zero attached hydrogens (tertiary/aromatic N) is 2. The van der Waals surface area contributed by atoms with Gasteiger partial charge in [0, 0.05) is 30.9 Å². The largest absolute Gasteiger partial charge is 0.394 e. The third kappa shape index (κ3) is 3.65. The summed E-state index contributed by atoms with van der Waals surface area (Å²) in [5.74, 6) is 1.02. The molecule has 5 nitrogen and oxygen atoms in total. The van der Waals surface area contributed by atoms with Crippen LogP contribution in [-0.2, 0) is 11.3 Å². The van der Waals surface area contributed by atoms with E-state index in [9.17, 15) is 0 Å². The molecule has 1 aliphatic rings. The van der Waals surface area contributed by atoms with Gasteiger partial charge in [-0.05, 0) is 25.8 Å². The molecule has 3 N–H and O–H groups in total. The van der Waals surface area contributed by atoms with Gasteiger partial charge < -0.3 is 20.5 Å². The molecule has 1 saturated heterocycles. The highest BCUT2D eigenvalue weighted by atomic mass is 16.5. The first-order valence-electron chi connectivity index (χ1n) is 6.88. The third-order valence-corrected chi connectivity index (χ3v) is 3.50. The van der Waals surface area contributed by atoms with E-state index in [1.54, 1.807) is 0 Å². The second kappa shape index (κ2) is 6.84. The van der Waals surface area contributed by atoms with Crippen molar-refractivity contribution in [3.63, 3.8) is 0 Å². The zero-order valence-electron chi connectivity index (χ0n) is 11.5. The maximum atomic E-state index is 8.77.